The van der Waals surface area contributed by atoms with Crippen molar-refractivity contribution in [2.24, 2.45) is 0 Å². The summed E-state index contributed by atoms with van der Waals surface area (Å²) >= 11 is 0. The molecule has 1 aliphatic rings. The van der Waals surface area contributed by atoms with Crippen molar-refractivity contribution in [1.82, 2.24) is 5.32 Å². The lowest BCUT2D eigenvalue weighted by atomic mass is 10.0. The van der Waals surface area contributed by atoms with Gasteiger partial charge in [-0.15, -0.1) is 0 Å². The van der Waals surface area contributed by atoms with Crippen molar-refractivity contribution in [3.8, 4) is 5.75 Å². The van der Waals surface area contributed by atoms with Gasteiger partial charge in [-0.2, -0.15) is 0 Å². The number of ether oxygens (including phenoxy) is 1. The second kappa shape index (κ2) is 7.34. The number of nitrogens with one attached hydrogen (secondary N) is 1. The molecule has 1 heterocycles. The van der Waals surface area contributed by atoms with Crippen LogP contribution >= 0.6 is 0 Å². The van der Waals surface area contributed by atoms with Crippen molar-refractivity contribution in [2.45, 2.75) is 25.8 Å². The molecule has 1 aliphatic heterocycles. The maximum atomic E-state index is 13.8. The Morgan fingerprint density at radius 1 is 1.20 bits per heavy atom. The minimum absolute atomic E-state index is 0.0125. The largest absolute Gasteiger partial charge is 0.493 e. The van der Waals surface area contributed by atoms with Crippen LogP contribution in [0.1, 0.15) is 33.5 Å². The zero-order chi connectivity index (χ0) is 17.8. The predicted octanol–water partition coefficient (Wildman–Crippen LogP) is 2.71. The molecule has 1 amide bonds. The van der Waals surface area contributed by atoms with Crippen LogP contribution in [-0.2, 0) is 24.2 Å². The number of carboxylic acid groups (broad SMARTS) is 1. The fourth-order valence-electron chi connectivity index (χ4n) is 2.79. The highest BCUT2D eigenvalue weighted by Gasteiger charge is 2.13. The number of aryl methyl sites for hydroxylation is 1. The van der Waals surface area contributed by atoms with Gasteiger partial charge in [0.25, 0.3) is 0 Å². The summed E-state index contributed by atoms with van der Waals surface area (Å²) in [6.45, 7) is 0.734. The van der Waals surface area contributed by atoms with E-state index >= 15 is 0 Å². The van der Waals surface area contributed by atoms with Crippen LogP contribution in [0.15, 0.2) is 36.4 Å². The summed E-state index contributed by atoms with van der Waals surface area (Å²) in [6, 6.07) is 9.34. The van der Waals surface area contributed by atoms with E-state index in [0.29, 0.717) is 0 Å². The molecular weight excluding hydrogens is 325 g/mol. The SMILES string of the molecule is O=C(Cc1ccc2c(c1)CCCO2)NCc1ccc(C(=O)O)cc1F. The van der Waals surface area contributed by atoms with Gasteiger partial charge in [-0.3, -0.25) is 4.79 Å². The number of amides is 1. The smallest absolute Gasteiger partial charge is 0.335 e. The summed E-state index contributed by atoms with van der Waals surface area (Å²) < 4.78 is 19.4. The molecule has 2 N–H and O–H groups in total. The minimum atomic E-state index is -1.19. The number of rotatable bonds is 5. The Morgan fingerprint density at radius 2 is 2.04 bits per heavy atom. The molecule has 6 heteroatoms. The Bertz CT molecular complexity index is 819. The summed E-state index contributed by atoms with van der Waals surface area (Å²) in [7, 11) is 0. The molecule has 5 nitrogen and oxygen atoms in total. The molecule has 0 aromatic heterocycles. The molecule has 2 aromatic carbocycles. The summed E-state index contributed by atoms with van der Waals surface area (Å²) in [5.41, 5.74) is 2.11. The molecule has 0 saturated heterocycles. The molecule has 25 heavy (non-hydrogen) atoms. The Morgan fingerprint density at radius 3 is 2.80 bits per heavy atom. The van der Waals surface area contributed by atoms with Gasteiger partial charge in [-0.05, 0) is 42.2 Å². The molecule has 3 rings (SSSR count). The van der Waals surface area contributed by atoms with E-state index in [1.165, 1.54) is 12.1 Å². The fourth-order valence-corrected chi connectivity index (χ4v) is 2.79. The number of hydrogen-bond acceptors (Lipinski definition) is 3. The lowest BCUT2D eigenvalue weighted by Gasteiger charge is -2.17. The molecule has 0 atom stereocenters. The molecule has 0 bridgehead atoms. The second-order valence-electron chi connectivity index (χ2n) is 5.96. The maximum absolute atomic E-state index is 13.8. The predicted molar refractivity (Wildman–Crippen MR) is 89.2 cm³/mol. The van der Waals surface area contributed by atoms with E-state index in [4.69, 9.17) is 9.84 Å². The lowest BCUT2D eigenvalue weighted by Crippen LogP contribution is -2.25. The van der Waals surface area contributed by atoms with Gasteiger partial charge in [0.05, 0.1) is 18.6 Å². The molecule has 2 aromatic rings. The fraction of sp³-hybridized carbons (Fsp3) is 0.263. The van der Waals surface area contributed by atoms with Gasteiger partial charge in [0.1, 0.15) is 11.6 Å². The van der Waals surface area contributed by atoms with Crippen LogP contribution in [0.2, 0.25) is 0 Å². The number of benzene rings is 2. The van der Waals surface area contributed by atoms with Crippen molar-refractivity contribution in [1.29, 1.82) is 0 Å². The third kappa shape index (κ3) is 4.15. The molecule has 0 aliphatic carbocycles. The molecule has 0 saturated carbocycles. The van der Waals surface area contributed by atoms with Crippen LogP contribution in [-0.4, -0.2) is 23.6 Å². The lowest BCUT2D eigenvalue weighted by molar-refractivity contribution is -0.120. The topological polar surface area (TPSA) is 75.6 Å². The van der Waals surface area contributed by atoms with Gasteiger partial charge in [0.2, 0.25) is 5.91 Å². The van der Waals surface area contributed by atoms with Gasteiger partial charge in [0, 0.05) is 12.1 Å². The van der Waals surface area contributed by atoms with Crippen molar-refractivity contribution in [3.05, 3.63) is 64.5 Å². The summed E-state index contributed by atoms with van der Waals surface area (Å²) in [6.07, 6.45) is 2.10. The number of fused-ring (bicyclic) bond motifs is 1. The number of carboxylic acids is 1. The zero-order valence-electron chi connectivity index (χ0n) is 13.5. The van der Waals surface area contributed by atoms with Crippen LogP contribution in [0.5, 0.6) is 5.75 Å². The van der Waals surface area contributed by atoms with Gasteiger partial charge in [-0.25, -0.2) is 9.18 Å². The second-order valence-corrected chi connectivity index (χ2v) is 5.96. The van der Waals surface area contributed by atoms with E-state index < -0.39 is 11.8 Å². The van der Waals surface area contributed by atoms with Gasteiger partial charge in [-0.1, -0.05) is 18.2 Å². The first kappa shape index (κ1) is 17.0. The minimum Gasteiger partial charge on any atom is -0.493 e. The summed E-state index contributed by atoms with van der Waals surface area (Å²) in [5.74, 6) is -1.19. The first-order chi connectivity index (χ1) is 12.0. The van der Waals surface area contributed by atoms with E-state index in [9.17, 15) is 14.0 Å². The van der Waals surface area contributed by atoms with Crippen LogP contribution in [0.4, 0.5) is 4.39 Å². The average molecular weight is 343 g/mol. The van der Waals surface area contributed by atoms with E-state index in [2.05, 4.69) is 5.32 Å². The Hall–Kier alpha value is -2.89. The number of aromatic carboxylic acids is 1. The van der Waals surface area contributed by atoms with E-state index in [0.717, 1.165) is 42.4 Å². The average Bonchev–Trinajstić information content (AvgIpc) is 2.60. The van der Waals surface area contributed by atoms with Crippen molar-refractivity contribution in [3.63, 3.8) is 0 Å². The Balaban J connectivity index is 1.59. The van der Waals surface area contributed by atoms with Crippen LogP contribution < -0.4 is 10.1 Å². The van der Waals surface area contributed by atoms with Gasteiger partial charge in [0.15, 0.2) is 0 Å². The van der Waals surface area contributed by atoms with Crippen LogP contribution in [0.25, 0.3) is 0 Å². The Labute approximate surface area is 144 Å². The number of hydrogen-bond donors (Lipinski definition) is 2. The number of halogens is 1. The van der Waals surface area contributed by atoms with Crippen molar-refractivity contribution in [2.75, 3.05) is 6.61 Å². The van der Waals surface area contributed by atoms with E-state index in [1.54, 1.807) is 0 Å². The van der Waals surface area contributed by atoms with Crippen LogP contribution in [0.3, 0.4) is 0 Å². The monoisotopic (exact) mass is 343 g/mol. The molecule has 130 valence electrons. The van der Waals surface area contributed by atoms with Crippen LogP contribution in [0, 0.1) is 5.82 Å². The normalized spacial score (nSPS) is 12.8. The van der Waals surface area contributed by atoms with E-state index in [-0.39, 0.29) is 30.0 Å². The molecule has 0 unspecified atom stereocenters. The number of carbonyl (C=O) groups is 2. The highest BCUT2D eigenvalue weighted by Crippen LogP contribution is 2.25. The highest BCUT2D eigenvalue weighted by molar-refractivity contribution is 5.87. The van der Waals surface area contributed by atoms with Gasteiger partial charge >= 0.3 is 5.97 Å². The first-order valence-electron chi connectivity index (χ1n) is 8.06. The quantitative estimate of drug-likeness (QED) is 0.875. The highest BCUT2D eigenvalue weighted by atomic mass is 19.1. The van der Waals surface area contributed by atoms with Crippen molar-refractivity contribution >= 4 is 11.9 Å². The molecular formula is C19H18FNO4. The summed E-state index contributed by atoms with van der Waals surface area (Å²) in [5, 5.41) is 11.5. The third-order valence-electron chi connectivity index (χ3n) is 4.11. The zero-order valence-corrected chi connectivity index (χ0v) is 13.5. The molecule has 0 radical (unpaired) electrons. The first-order valence-corrected chi connectivity index (χ1v) is 8.06. The summed E-state index contributed by atoms with van der Waals surface area (Å²) in [4.78, 5) is 22.9. The number of carbonyl (C=O) groups excluding carboxylic acids is 1. The third-order valence-corrected chi connectivity index (χ3v) is 4.11. The van der Waals surface area contributed by atoms with Gasteiger partial charge < -0.3 is 15.2 Å². The molecule has 0 fully saturated rings. The Kier molecular flexibility index (Phi) is 4.97. The van der Waals surface area contributed by atoms with E-state index in [1.807, 2.05) is 18.2 Å². The molecule has 0 spiro atoms. The standard InChI is InChI=1S/C19H18FNO4/c20-16-10-14(19(23)24)4-5-15(16)11-21-18(22)9-12-3-6-17-13(8-12)2-1-7-25-17/h3-6,8,10H,1-2,7,9,11H2,(H,21,22)(H,23,24). The van der Waals surface area contributed by atoms with Crippen molar-refractivity contribution < 1.29 is 23.8 Å². The maximum Gasteiger partial charge on any atom is 0.335 e.